The van der Waals surface area contributed by atoms with Crippen LogP contribution in [-0.4, -0.2) is 80.3 Å². The maximum absolute atomic E-state index is 16.0. The lowest BCUT2D eigenvalue weighted by Crippen LogP contribution is -2.49. The number of rotatable bonds is 8. The summed E-state index contributed by atoms with van der Waals surface area (Å²) in [7, 11) is 0. The highest BCUT2D eigenvalue weighted by atomic mass is 19.1. The quantitative estimate of drug-likeness (QED) is 0.184. The summed E-state index contributed by atoms with van der Waals surface area (Å²) in [6, 6.07) is 25.5. The van der Waals surface area contributed by atoms with Crippen LogP contribution in [0, 0.1) is 17.6 Å². The third-order valence-corrected chi connectivity index (χ3v) is 11.4. The van der Waals surface area contributed by atoms with Crippen LogP contribution < -0.4 is 25.2 Å². The number of carbonyl (C=O) groups is 2. The molecule has 0 radical (unpaired) electrons. The average Bonchev–Trinajstić information content (AvgIpc) is 3.17. The topological polar surface area (TPSA) is 97.4 Å². The molecule has 8 rings (SSSR count). The molecular weight excluding hydrogens is 676 g/mol. The molecule has 0 aliphatic carbocycles. The van der Waals surface area contributed by atoms with Gasteiger partial charge in [0.25, 0.3) is 0 Å². The molecule has 9 nitrogen and oxygen atoms in total. The standard InChI is InChI=1S/C42H45F2N5O4/c43-34-22-29(41-32-9-8-31(50)24-39(32)53-26-33(41)28-4-2-1-3-5-28)6-11-37(34)48-16-14-27(15-17-48)25-47-18-20-49(21-19-47)38-12-7-30(23-35(38)44)45-36-10-13-40(51)46-42(36)52/h1-9,11-12,22-24,27,33,36,41,45,50H,10,13-21,25-26H2,(H,46,51,52)/t33-,36?,41-/m1/s1. The van der Waals surface area contributed by atoms with Crippen molar-refractivity contribution < 1.29 is 28.2 Å². The van der Waals surface area contributed by atoms with Crippen LogP contribution >= 0.6 is 0 Å². The number of halogens is 2. The van der Waals surface area contributed by atoms with Crippen molar-refractivity contribution in [2.45, 2.75) is 43.6 Å². The number of hydrogen-bond acceptors (Lipinski definition) is 8. The Morgan fingerprint density at radius 2 is 1.49 bits per heavy atom. The van der Waals surface area contributed by atoms with E-state index in [0.29, 0.717) is 41.8 Å². The lowest BCUT2D eigenvalue weighted by molar-refractivity contribution is -0.133. The molecule has 0 spiro atoms. The van der Waals surface area contributed by atoms with Gasteiger partial charge < -0.3 is 25.0 Å². The number of piperazine rings is 1. The van der Waals surface area contributed by atoms with Crippen LogP contribution in [0.1, 0.15) is 54.2 Å². The van der Waals surface area contributed by atoms with Gasteiger partial charge in [0.2, 0.25) is 11.8 Å². The van der Waals surface area contributed by atoms with Gasteiger partial charge in [-0.2, -0.15) is 0 Å². The Morgan fingerprint density at radius 1 is 0.774 bits per heavy atom. The summed E-state index contributed by atoms with van der Waals surface area (Å²) in [5.74, 6) is -0.0372. The molecule has 3 atom stereocenters. The van der Waals surface area contributed by atoms with Gasteiger partial charge in [-0.05, 0) is 72.7 Å². The highest BCUT2D eigenvalue weighted by molar-refractivity contribution is 6.01. The summed E-state index contributed by atoms with van der Waals surface area (Å²) < 4.78 is 37.3. The maximum atomic E-state index is 16.0. The van der Waals surface area contributed by atoms with E-state index in [1.165, 1.54) is 6.07 Å². The summed E-state index contributed by atoms with van der Waals surface area (Å²) in [6.07, 6.45) is 2.60. The number of amides is 2. The van der Waals surface area contributed by atoms with Gasteiger partial charge >= 0.3 is 0 Å². The fourth-order valence-corrected chi connectivity index (χ4v) is 8.55. The maximum Gasteiger partial charge on any atom is 0.249 e. The number of benzene rings is 4. The molecule has 1 unspecified atom stereocenters. The molecule has 3 fully saturated rings. The Balaban J connectivity index is 0.853. The largest absolute Gasteiger partial charge is 0.508 e. The number of imide groups is 1. The number of phenols is 1. The van der Waals surface area contributed by atoms with Crippen LogP contribution in [0.3, 0.4) is 0 Å². The van der Waals surface area contributed by atoms with Crippen molar-refractivity contribution in [3.8, 4) is 11.5 Å². The van der Waals surface area contributed by atoms with Gasteiger partial charge in [-0.3, -0.25) is 19.8 Å². The molecular formula is C42H45F2N5O4. The van der Waals surface area contributed by atoms with E-state index in [1.54, 1.807) is 30.3 Å². The van der Waals surface area contributed by atoms with E-state index in [9.17, 15) is 14.7 Å². The predicted octanol–water partition coefficient (Wildman–Crippen LogP) is 6.23. The smallest absolute Gasteiger partial charge is 0.249 e. The van der Waals surface area contributed by atoms with Crippen molar-refractivity contribution >= 4 is 28.9 Å². The van der Waals surface area contributed by atoms with Crippen LogP contribution in [0.25, 0.3) is 0 Å². The number of piperidine rings is 2. The van der Waals surface area contributed by atoms with Gasteiger partial charge in [0, 0.05) is 81.4 Å². The van der Waals surface area contributed by atoms with E-state index in [0.717, 1.165) is 75.3 Å². The number of fused-ring (bicyclic) bond motifs is 1. The fraction of sp³-hybridized carbons (Fsp3) is 0.381. The molecule has 4 aromatic rings. The number of phenolic OH excluding ortho intramolecular Hbond substituents is 1. The molecule has 4 heterocycles. The number of aromatic hydroxyl groups is 1. The number of hydrogen-bond donors (Lipinski definition) is 3. The third-order valence-electron chi connectivity index (χ3n) is 11.4. The van der Waals surface area contributed by atoms with E-state index in [1.807, 2.05) is 30.3 Å². The van der Waals surface area contributed by atoms with E-state index in [2.05, 4.69) is 43.5 Å². The zero-order chi connectivity index (χ0) is 36.5. The van der Waals surface area contributed by atoms with Gasteiger partial charge in [0.15, 0.2) is 0 Å². The lowest BCUT2D eigenvalue weighted by atomic mass is 9.76. The summed E-state index contributed by atoms with van der Waals surface area (Å²) >= 11 is 0. The van der Waals surface area contributed by atoms with Gasteiger partial charge in [0.1, 0.15) is 29.2 Å². The minimum atomic E-state index is -0.556. The fourth-order valence-electron chi connectivity index (χ4n) is 8.55. The lowest BCUT2D eigenvalue weighted by Gasteiger charge is -2.40. The Kier molecular flexibility index (Phi) is 9.92. The van der Waals surface area contributed by atoms with Gasteiger partial charge in [-0.1, -0.05) is 42.5 Å². The number of nitrogens with zero attached hydrogens (tertiary/aromatic N) is 3. The molecule has 0 saturated carbocycles. The summed E-state index contributed by atoms with van der Waals surface area (Å²) in [4.78, 5) is 30.2. The SMILES string of the molecule is O=C1CCC(Nc2ccc(N3CCN(CC4CCN(c5ccc([C@@H]6c7ccc(O)cc7OC[C@@H]6c6ccccc6)cc5F)CC4)CC3)c(F)c2)C(=O)N1. The van der Waals surface area contributed by atoms with E-state index in [4.69, 9.17) is 4.74 Å². The van der Waals surface area contributed by atoms with Crippen molar-refractivity contribution in [2.75, 3.05) is 67.5 Å². The van der Waals surface area contributed by atoms with Crippen LogP contribution in [0.4, 0.5) is 25.8 Å². The van der Waals surface area contributed by atoms with Crippen molar-refractivity contribution in [2.24, 2.45) is 5.92 Å². The molecule has 4 aliphatic rings. The Labute approximate surface area is 308 Å². The average molecular weight is 722 g/mol. The van der Waals surface area contributed by atoms with Crippen LogP contribution in [0.15, 0.2) is 84.9 Å². The molecule has 3 N–H and O–H groups in total. The molecule has 0 aromatic heterocycles. The minimum absolute atomic E-state index is 0.00449. The third kappa shape index (κ3) is 7.53. The summed E-state index contributed by atoms with van der Waals surface area (Å²) in [6.45, 7) is 6.10. The molecule has 4 aromatic carbocycles. The van der Waals surface area contributed by atoms with E-state index >= 15 is 8.78 Å². The van der Waals surface area contributed by atoms with Crippen LogP contribution in [0.2, 0.25) is 0 Å². The van der Waals surface area contributed by atoms with Crippen LogP contribution in [-0.2, 0) is 9.59 Å². The first kappa shape index (κ1) is 34.9. The second-order valence-electron chi connectivity index (χ2n) is 14.8. The predicted molar refractivity (Wildman–Crippen MR) is 201 cm³/mol. The molecule has 2 amide bonds. The van der Waals surface area contributed by atoms with E-state index < -0.39 is 6.04 Å². The molecule has 0 bridgehead atoms. The highest BCUT2D eigenvalue weighted by Gasteiger charge is 2.35. The highest BCUT2D eigenvalue weighted by Crippen LogP contribution is 2.47. The van der Waals surface area contributed by atoms with Crippen molar-refractivity contribution in [1.29, 1.82) is 0 Å². The summed E-state index contributed by atoms with van der Waals surface area (Å²) in [5.41, 5.74) is 4.67. The second kappa shape index (κ2) is 15.1. The molecule has 4 aliphatic heterocycles. The minimum Gasteiger partial charge on any atom is -0.508 e. The molecule has 53 heavy (non-hydrogen) atoms. The zero-order valence-corrected chi connectivity index (χ0v) is 29.6. The van der Waals surface area contributed by atoms with Gasteiger partial charge in [-0.15, -0.1) is 0 Å². The van der Waals surface area contributed by atoms with Crippen LogP contribution in [0.5, 0.6) is 11.5 Å². The van der Waals surface area contributed by atoms with Crippen molar-refractivity contribution in [1.82, 2.24) is 10.2 Å². The Hall–Kier alpha value is -5.16. The summed E-state index contributed by atoms with van der Waals surface area (Å²) in [5, 5.41) is 15.5. The first-order valence-corrected chi connectivity index (χ1v) is 18.7. The normalized spacial score (nSPS) is 22.6. The van der Waals surface area contributed by atoms with Crippen molar-refractivity contribution in [3.63, 3.8) is 0 Å². The first-order valence-electron chi connectivity index (χ1n) is 18.7. The Morgan fingerprint density at radius 3 is 2.21 bits per heavy atom. The first-order chi connectivity index (χ1) is 25.8. The van der Waals surface area contributed by atoms with Crippen molar-refractivity contribution in [3.05, 3.63) is 113 Å². The zero-order valence-electron chi connectivity index (χ0n) is 29.6. The molecule has 11 heteroatoms. The second-order valence-corrected chi connectivity index (χ2v) is 14.8. The Bertz CT molecular complexity index is 1960. The molecule has 3 saturated heterocycles. The molecule has 276 valence electrons. The van der Waals surface area contributed by atoms with E-state index in [-0.39, 0.29) is 47.5 Å². The number of nitrogens with one attached hydrogen (secondary N) is 2. The van der Waals surface area contributed by atoms with Gasteiger partial charge in [-0.25, -0.2) is 8.78 Å². The monoisotopic (exact) mass is 721 g/mol. The van der Waals surface area contributed by atoms with Gasteiger partial charge in [0.05, 0.1) is 18.0 Å². The number of carbonyl (C=O) groups excluding carboxylic acids is 2. The number of anilines is 3. The number of ether oxygens (including phenoxy) is 1.